The molecule has 0 N–H and O–H groups in total. The van der Waals surface area contributed by atoms with E-state index < -0.39 is 0 Å². The van der Waals surface area contributed by atoms with Crippen LogP contribution in [0.4, 0.5) is 0 Å². The molecular weight excluding hydrogens is 372 g/mol. The molecule has 31 heavy (non-hydrogen) atoms. The molecule has 0 rings (SSSR count). The van der Waals surface area contributed by atoms with Gasteiger partial charge in [-0.05, 0) is 23.7 Å². The molecule has 0 radical (unpaired) electrons. The van der Waals surface area contributed by atoms with Crippen LogP contribution in [0.25, 0.3) is 0 Å². The van der Waals surface area contributed by atoms with Crippen molar-refractivity contribution in [2.75, 3.05) is 0 Å². The Morgan fingerprint density at radius 2 is 0.419 bits per heavy atom. The van der Waals surface area contributed by atoms with Crippen LogP contribution >= 0.6 is 0 Å². The normalized spacial score (nSPS) is 7.35. The fourth-order valence-corrected chi connectivity index (χ4v) is 0. The quantitative estimate of drug-likeness (QED) is 0.394. The van der Waals surface area contributed by atoms with Crippen molar-refractivity contribution in [3.63, 3.8) is 0 Å². The van der Waals surface area contributed by atoms with E-state index in [0.29, 0.717) is 0 Å². The van der Waals surface area contributed by atoms with E-state index in [1.165, 1.54) is 38.5 Å². The van der Waals surface area contributed by atoms with Crippen LogP contribution in [0.2, 0.25) is 0 Å². The average Bonchev–Trinajstić information content (AvgIpc) is 2.56. The lowest BCUT2D eigenvalue weighted by atomic mass is 10.2. The van der Waals surface area contributed by atoms with E-state index in [2.05, 4.69) is 111 Å². The lowest BCUT2D eigenvalue weighted by Gasteiger charge is -1.90. The fourth-order valence-electron chi connectivity index (χ4n) is 0. The molecule has 0 saturated heterocycles. The Bertz CT molecular complexity index is 118. The summed E-state index contributed by atoms with van der Waals surface area (Å²) in [6, 6.07) is 0. The van der Waals surface area contributed by atoms with Crippen molar-refractivity contribution in [2.45, 2.75) is 186 Å². The summed E-state index contributed by atoms with van der Waals surface area (Å²) in [5.41, 5.74) is 0. The molecule has 0 unspecified atom stereocenters. The Balaban J connectivity index is -0.0000000168. The van der Waals surface area contributed by atoms with Gasteiger partial charge in [0.15, 0.2) is 0 Å². The van der Waals surface area contributed by atoms with Gasteiger partial charge in [-0.15, -0.1) is 0 Å². The Morgan fingerprint density at radius 3 is 0.419 bits per heavy atom. The lowest BCUT2D eigenvalue weighted by Crippen LogP contribution is -1.77. The summed E-state index contributed by atoms with van der Waals surface area (Å²) in [6.45, 7) is 35.0. The van der Waals surface area contributed by atoms with E-state index in [1.54, 1.807) is 0 Å². The maximum Gasteiger partial charge on any atom is -0.0474 e. The third kappa shape index (κ3) is 480. The molecule has 208 valence electrons. The molecule has 0 aromatic heterocycles. The third-order valence-electron chi connectivity index (χ3n) is 2.95. The van der Waals surface area contributed by atoms with Crippen molar-refractivity contribution in [1.82, 2.24) is 0 Å². The van der Waals surface area contributed by atoms with E-state index in [4.69, 9.17) is 0 Å². The first-order valence-corrected chi connectivity index (χ1v) is 11.9. The predicted octanol–water partition coefficient (Wildman–Crippen LogP) is 14.2. The fraction of sp³-hybridized carbons (Fsp3) is 1.00. The van der Waals surface area contributed by atoms with Crippen LogP contribution in [0.3, 0.4) is 0 Å². The van der Waals surface area contributed by atoms with Gasteiger partial charge in [-0.3, -0.25) is 0 Å². The van der Waals surface area contributed by atoms with Crippen LogP contribution < -0.4 is 0 Å². The second kappa shape index (κ2) is 77.9. The van der Waals surface area contributed by atoms with Gasteiger partial charge in [-0.2, -0.15) is 0 Å². The lowest BCUT2D eigenvalue weighted by molar-refractivity contribution is 0.626. The highest BCUT2D eigenvalue weighted by Gasteiger charge is 1.81. The standard InChI is InChI=1S/3C5H12.2C4H10.C3H8.5CH4/c3*1-4-5(2)3;1-4(2)3;1-3-4-2;1-3-2;;;;;/h3*5H,4H2,1-3H3;4H,1-3H3;3-4H2,1-2H3;3H2,1-2H3;5*1H4. The van der Waals surface area contributed by atoms with Gasteiger partial charge in [0.2, 0.25) is 0 Å². The van der Waals surface area contributed by atoms with Crippen LogP contribution in [-0.2, 0) is 0 Å². The van der Waals surface area contributed by atoms with E-state index in [9.17, 15) is 0 Å². The summed E-state index contributed by atoms with van der Waals surface area (Å²) in [6.07, 6.45) is 7.81. The van der Waals surface area contributed by atoms with Crippen molar-refractivity contribution >= 4 is 0 Å². The van der Waals surface area contributed by atoms with Crippen LogP contribution in [0, 0.1) is 23.7 Å². The molecule has 0 saturated carbocycles. The summed E-state index contributed by atoms with van der Waals surface area (Å²) in [7, 11) is 0. The second-order valence-corrected chi connectivity index (χ2v) is 8.85. The Labute approximate surface area is 210 Å². The molecule has 0 spiro atoms. The molecule has 0 aliphatic heterocycles. The van der Waals surface area contributed by atoms with Crippen molar-refractivity contribution in [1.29, 1.82) is 0 Å². The molecule has 0 heterocycles. The van der Waals surface area contributed by atoms with Gasteiger partial charge in [0.1, 0.15) is 0 Å². The minimum atomic E-state index is 0. The van der Waals surface area contributed by atoms with Crippen LogP contribution in [0.5, 0.6) is 0 Å². The van der Waals surface area contributed by atoms with Gasteiger partial charge in [0.25, 0.3) is 0 Å². The first-order chi connectivity index (χ1) is 11.9. The maximum absolute atomic E-state index is 2.22. The maximum atomic E-state index is 2.22. The average molecular weight is 457 g/mol. The first kappa shape index (κ1) is 69.8. The number of rotatable bonds is 4. The highest BCUT2D eigenvalue weighted by molar-refractivity contribution is 4.33. The monoisotopic (exact) mass is 457 g/mol. The third-order valence-corrected chi connectivity index (χ3v) is 2.95. The Kier molecular flexibility index (Phi) is 175. The molecule has 0 bridgehead atoms. The van der Waals surface area contributed by atoms with Gasteiger partial charge in [0, 0.05) is 0 Å². The van der Waals surface area contributed by atoms with E-state index in [0.717, 1.165) is 23.7 Å². The first-order valence-electron chi connectivity index (χ1n) is 11.9. The molecule has 0 fully saturated rings. The zero-order valence-electron chi connectivity index (χ0n) is 22.6. The molecule has 0 heteroatoms. The highest BCUT2D eigenvalue weighted by atomic mass is 13.9. The van der Waals surface area contributed by atoms with Crippen LogP contribution in [0.15, 0.2) is 0 Å². The largest absolute Gasteiger partial charge is 0.0776 e. The number of unbranched alkanes of at least 4 members (excludes halogenated alkanes) is 1. The number of hydrogen-bond acceptors (Lipinski definition) is 0. The van der Waals surface area contributed by atoms with E-state index in [-0.39, 0.29) is 37.1 Å². The topological polar surface area (TPSA) is 0 Å². The molecule has 0 atom stereocenters. The molecule has 0 aromatic rings. The second-order valence-electron chi connectivity index (χ2n) is 8.85. The minimum Gasteiger partial charge on any atom is -0.0776 e. The smallest absolute Gasteiger partial charge is 0.0474 e. The molecular formula is C31H84. The predicted molar refractivity (Wildman–Crippen MR) is 166 cm³/mol. The molecule has 0 aromatic carbocycles. The summed E-state index contributed by atoms with van der Waals surface area (Å²) in [4.78, 5) is 0. The highest BCUT2D eigenvalue weighted by Crippen LogP contribution is 1.94. The van der Waals surface area contributed by atoms with E-state index in [1.807, 2.05) is 0 Å². The van der Waals surface area contributed by atoms with Gasteiger partial charge >= 0.3 is 0 Å². The van der Waals surface area contributed by atoms with Crippen molar-refractivity contribution in [3.8, 4) is 0 Å². The van der Waals surface area contributed by atoms with Crippen LogP contribution in [0.1, 0.15) is 186 Å². The minimum absolute atomic E-state index is 0. The number of hydrogen-bond donors (Lipinski definition) is 0. The van der Waals surface area contributed by atoms with Crippen molar-refractivity contribution in [3.05, 3.63) is 0 Å². The van der Waals surface area contributed by atoms with E-state index >= 15 is 0 Å². The molecule has 0 amide bonds. The Morgan fingerprint density at radius 1 is 0.355 bits per heavy atom. The van der Waals surface area contributed by atoms with Crippen molar-refractivity contribution < 1.29 is 0 Å². The zero-order chi connectivity index (χ0) is 22.6. The summed E-state index contributed by atoms with van der Waals surface area (Å²) in [5.74, 6) is 3.49. The summed E-state index contributed by atoms with van der Waals surface area (Å²) >= 11 is 0. The van der Waals surface area contributed by atoms with Crippen LogP contribution in [-0.4, -0.2) is 0 Å². The summed E-state index contributed by atoms with van der Waals surface area (Å²) < 4.78 is 0. The Hall–Kier alpha value is 0. The molecule has 0 aliphatic rings. The molecule has 0 aliphatic carbocycles. The zero-order valence-corrected chi connectivity index (χ0v) is 22.6. The van der Waals surface area contributed by atoms with Gasteiger partial charge in [-0.25, -0.2) is 0 Å². The van der Waals surface area contributed by atoms with Gasteiger partial charge < -0.3 is 0 Å². The SMILES string of the molecule is C.C.C.C.C.CC(C)C.CCC.CCC(C)C.CCC(C)C.CCC(C)C.CCCC. The molecule has 0 nitrogen and oxygen atoms in total. The van der Waals surface area contributed by atoms with Gasteiger partial charge in [-0.1, -0.05) is 186 Å². The van der Waals surface area contributed by atoms with Crippen molar-refractivity contribution in [2.24, 2.45) is 23.7 Å². The van der Waals surface area contributed by atoms with Gasteiger partial charge in [0.05, 0.1) is 0 Å². The summed E-state index contributed by atoms with van der Waals surface area (Å²) in [5, 5.41) is 0.